The van der Waals surface area contributed by atoms with Crippen LogP contribution in [0, 0.1) is 0 Å². The fraction of sp³-hybridized carbons (Fsp3) is 0.167. The van der Waals surface area contributed by atoms with E-state index in [-0.39, 0.29) is 16.3 Å². The molecule has 0 spiro atoms. The van der Waals surface area contributed by atoms with Crippen LogP contribution in [0.25, 0.3) is 0 Å². The highest BCUT2D eigenvalue weighted by atomic mass is 35.5. The van der Waals surface area contributed by atoms with E-state index in [0.717, 1.165) is 0 Å². The van der Waals surface area contributed by atoms with Crippen LogP contribution < -0.4 is 24.8 Å². The summed E-state index contributed by atoms with van der Waals surface area (Å²) in [4.78, 5) is 35.2. The van der Waals surface area contributed by atoms with Gasteiger partial charge in [-0.2, -0.15) is 0 Å². The van der Waals surface area contributed by atoms with Crippen LogP contribution in [-0.2, 0) is 4.79 Å². The number of amides is 3. The molecule has 9 heteroatoms. The monoisotopic (exact) mass is 390 g/mol. The van der Waals surface area contributed by atoms with Crippen LogP contribution in [0.15, 0.2) is 36.4 Å². The van der Waals surface area contributed by atoms with Gasteiger partial charge in [0.2, 0.25) is 0 Å². The molecule has 2 N–H and O–H groups in total. The van der Waals surface area contributed by atoms with Crippen molar-refractivity contribution in [2.24, 2.45) is 0 Å². The molecule has 2 aromatic rings. The lowest BCUT2D eigenvalue weighted by Gasteiger charge is -2.18. The number of hydrogen-bond donors (Lipinski definition) is 2. The van der Waals surface area contributed by atoms with Crippen LogP contribution in [0.4, 0.5) is 10.5 Å². The van der Waals surface area contributed by atoms with Crippen molar-refractivity contribution in [2.45, 2.75) is 6.92 Å². The normalized spacial score (nSPS) is 12.1. The summed E-state index contributed by atoms with van der Waals surface area (Å²) in [5.41, 5.74) is 0.570. The predicted octanol–water partition coefficient (Wildman–Crippen LogP) is 3.00. The minimum atomic E-state index is -0.744. The van der Waals surface area contributed by atoms with E-state index in [2.05, 4.69) is 10.6 Å². The summed E-state index contributed by atoms with van der Waals surface area (Å²) in [6, 6.07) is 8.21. The minimum Gasteiger partial charge on any atom is -0.486 e. The van der Waals surface area contributed by atoms with Gasteiger partial charge in [0.05, 0.1) is 5.02 Å². The van der Waals surface area contributed by atoms with Crippen LogP contribution in [0.2, 0.25) is 5.02 Å². The molecule has 0 radical (unpaired) electrons. The Morgan fingerprint density at radius 2 is 1.78 bits per heavy atom. The molecule has 0 fully saturated rings. The van der Waals surface area contributed by atoms with Gasteiger partial charge in [-0.25, -0.2) is 4.79 Å². The topological polar surface area (TPSA) is 103 Å². The second-order valence-corrected chi connectivity index (χ2v) is 5.91. The van der Waals surface area contributed by atoms with Gasteiger partial charge < -0.3 is 19.5 Å². The summed E-state index contributed by atoms with van der Waals surface area (Å²) in [5, 5.41) is 4.82. The van der Waals surface area contributed by atoms with Crippen LogP contribution in [-0.4, -0.2) is 31.1 Å². The molecule has 0 aliphatic carbocycles. The van der Waals surface area contributed by atoms with E-state index in [1.807, 2.05) is 0 Å². The zero-order valence-electron chi connectivity index (χ0n) is 14.2. The third-order valence-corrected chi connectivity index (χ3v) is 3.77. The molecule has 0 saturated heterocycles. The lowest BCUT2D eigenvalue weighted by molar-refractivity contribution is -0.131. The van der Waals surface area contributed by atoms with Gasteiger partial charge in [0.25, 0.3) is 5.91 Å². The van der Waals surface area contributed by atoms with E-state index in [9.17, 15) is 14.4 Å². The van der Waals surface area contributed by atoms with Gasteiger partial charge in [-0.15, -0.1) is 0 Å². The predicted molar refractivity (Wildman–Crippen MR) is 96.7 cm³/mol. The molecule has 1 aliphatic rings. The third kappa shape index (κ3) is 4.68. The van der Waals surface area contributed by atoms with Gasteiger partial charge in [-0.05, 0) is 36.4 Å². The van der Waals surface area contributed by atoms with Crippen molar-refractivity contribution < 1.29 is 28.6 Å². The largest absolute Gasteiger partial charge is 0.486 e. The Labute approximate surface area is 159 Å². The highest BCUT2D eigenvalue weighted by Crippen LogP contribution is 2.31. The Balaban J connectivity index is 1.63. The van der Waals surface area contributed by atoms with E-state index in [1.165, 1.54) is 37.3 Å². The standard InChI is InChI=1S/C18H15ClN2O6/c1-10(22)27-14-5-3-12(9-13(14)19)20-18(24)21-17(23)11-2-4-15-16(8-11)26-7-6-25-15/h2-5,8-9H,6-7H2,1H3,(H2,20,21,23,24). The van der Waals surface area contributed by atoms with Crippen LogP contribution in [0.5, 0.6) is 17.2 Å². The number of nitrogens with one attached hydrogen (secondary N) is 2. The maximum Gasteiger partial charge on any atom is 0.326 e. The Morgan fingerprint density at radius 3 is 2.48 bits per heavy atom. The average molecular weight is 391 g/mol. The van der Waals surface area contributed by atoms with Crippen LogP contribution >= 0.6 is 11.6 Å². The number of urea groups is 1. The van der Waals surface area contributed by atoms with E-state index in [0.29, 0.717) is 30.4 Å². The van der Waals surface area contributed by atoms with Crippen LogP contribution in [0.3, 0.4) is 0 Å². The number of ether oxygens (including phenoxy) is 3. The number of carbonyl (C=O) groups is 3. The van der Waals surface area contributed by atoms with Gasteiger partial charge >= 0.3 is 12.0 Å². The van der Waals surface area contributed by atoms with Crippen LogP contribution in [0.1, 0.15) is 17.3 Å². The first-order chi connectivity index (χ1) is 12.9. The number of halogens is 1. The van der Waals surface area contributed by atoms with Gasteiger partial charge in [0, 0.05) is 18.2 Å². The molecule has 0 unspecified atom stereocenters. The number of carbonyl (C=O) groups excluding carboxylic acids is 3. The molecule has 8 nitrogen and oxygen atoms in total. The smallest absolute Gasteiger partial charge is 0.326 e. The number of benzene rings is 2. The van der Waals surface area contributed by atoms with Gasteiger partial charge in [0.15, 0.2) is 11.5 Å². The Bertz CT molecular complexity index is 915. The molecule has 0 atom stereocenters. The Hall–Kier alpha value is -3.26. The molecule has 0 bridgehead atoms. The number of esters is 1. The number of rotatable bonds is 3. The summed E-state index contributed by atoms with van der Waals surface area (Å²) >= 11 is 5.98. The second-order valence-electron chi connectivity index (χ2n) is 5.51. The number of imide groups is 1. The summed E-state index contributed by atoms with van der Waals surface area (Å²) < 4.78 is 15.7. The van der Waals surface area contributed by atoms with Crippen molar-refractivity contribution in [1.82, 2.24) is 5.32 Å². The van der Waals surface area contributed by atoms with E-state index >= 15 is 0 Å². The molecular formula is C18H15ClN2O6. The molecule has 3 rings (SSSR count). The minimum absolute atomic E-state index is 0.140. The SMILES string of the molecule is CC(=O)Oc1ccc(NC(=O)NC(=O)c2ccc3c(c2)OCCO3)cc1Cl. The number of hydrogen-bond acceptors (Lipinski definition) is 6. The molecule has 3 amide bonds. The summed E-state index contributed by atoms with van der Waals surface area (Å²) in [6.07, 6.45) is 0. The maximum atomic E-state index is 12.2. The summed E-state index contributed by atoms with van der Waals surface area (Å²) in [6.45, 7) is 2.09. The molecule has 0 saturated carbocycles. The molecule has 1 aliphatic heterocycles. The summed E-state index contributed by atoms with van der Waals surface area (Å²) in [5.74, 6) is 0.0434. The number of anilines is 1. The van der Waals surface area contributed by atoms with E-state index < -0.39 is 17.9 Å². The van der Waals surface area contributed by atoms with Gasteiger partial charge in [-0.3, -0.25) is 14.9 Å². The van der Waals surface area contributed by atoms with Gasteiger partial charge in [0.1, 0.15) is 19.0 Å². The fourth-order valence-corrected chi connectivity index (χ4v) is 2.56. The summed E-state index contributed by atoms with van der Waals surface area (Å²) in [7, 11) is 0. The maximum absolute atomic E-state index is 12.2. The van der Waals surface area contributed by atoms with Crippen molar-refractivity contribution in [2.75, 3.05) is 18.5 Å². The first kappa shape index (κ1) is 18.5. The quantitative estimate of drug-likeness (QED) is 0.617. The van der Waals surface area contributed by atoms with Crippen molar-refractivity contribution in [1.29, 1.82) is 0 Å². The lowest BCUT2D eigenvalue weighted by Crippen LogP contribution is -2.34. The Kier molecular flexibility index (Phi) is 5.46. The molecule has 27 heavy (non-hydrogen) atoms. The van der Waals surface area contributed by atoms with Gasteiger partial charge in [-0.1, -0.05) is 11.6 Å². The zero-order valence-corrected chi connectivity index (χ0v) is 15.0. The molecule has 2 aromatic carbocycles. The highest BCUT2D eigenvalue weighted by molar-refractivity contribution is 6.32. The zero-order chi connectivity index (χ0) is 19.4. The lowest BCUT2D eigenvalue weighted by atomic mass is 10.2. The first-order valence-electron chi connectivity index (χ1n) is 7.92. The molecule has 140 valence electrons. The molecule has 1 heterocycles. The third-order valence-electron chi connectivity index (χ3n) is 3.47. The van der Waals surface area contributed by atoms with Crippen molar-refractivity contribution in [3.8, 4) is 17.2 Å². The Morgan fingerprint density at radius 1 is 1.04 bits per heavy atom. The highest BCUT2D eigenvalue weighted by Gasteiger charge is 2.17. The van der Waals surface area contributed by atoms with Crippen molar-refractivity contribution in [3.05, 3.63) is 47.0 Å². The number of fused-ring (bicyclic) bond motifs is 1. The van der Waals surface area contributed by atoms with E-state index in [1.54, 1.807) is 6.07 Å². The van der Waals surface area contributed by atoms with Crippen molar-refractivity contribution >= 4 is 35.2 Å². The van der Waals surface area contributed by atoms with Crippen molar-refractivity contribution in [3.63, 3.8) is 0 Å². The molecule has 0 aromatic heterocycles. The second kappa shape index (κ2) is 7.96. The average Bonchev–Trinajstić information content (AvgIpc) is 2.63. The van der Waals surface area contributed by atoms with E-state index in [4.69, 9.17) is 25.8 Å². The first-order valence-corrected chi connectivity index (χ1v) is 8.30. The molecular weight excluding hydrogens is 376 g/mol. The fourth-order valence-electron chi connectivity index (χ4n) is 2.34.